The molecule has 0 rings (SSSR count). The highest BCUT2D eigenvalue weighted by molar-refractivity contribution is 4.76. The van der Waals surface area contributed by atoms with Crippen molar-refractivity contribution in [3.8, 4) is 0 Å². The molecule has 0 aromatic carbocycles. The van der Waals surface area contributed by atoms with Crippen LogP contribution in [0.2, 0.25) is 0 Å². The molecule has 11 heavy (non-hydrogen) atoms. The van der Waals surface area contributed by atoms with Gasteiger partial charge in [0.25, 0.3) is 0 Å². The topological polar surface area (TPSA) is 0 Å². The van der Waals surface area contributed by atoms with Crippen molar-refractivity contribution in [1.29, 1.82) is 0 Å². The summed E-state index contributed by atoms with van der Waals surface area (Å²) in [5.74, 6) is 1.48. The molecule has 2 atom stereocenters. The predicted octanol–water partition coefficient (Wildman–Crippen LogP) is 3.73. The summed E-state index contributed by atoms with van der Waals surface area (Å²) in [5, 5.41) is 0. The Labute approximate surface area is 72.4 Å². The average molecular weight is 154 g/mol. The van der Waals surface area contributed by atoms with E-state index in [1.807, 2.05) is 0 Å². The Morgan fingerprint density at radius 1 is 1.18 bits per heavy atom. The van der Waals surface area contributed by atoms with Crippen molar-refractivity contribution in [2.24, 2.45) is 17.3 Å². The van der Waals surface area contributed by atoms with E-state index in [-0.39, 0.29) is 5.41 Å². The number of hydrogen-bond acceptors (Lipinski definition) is 0. The largest absolute Gasteiger partial charge is 0.0623 e. The highest BCUT2D eigenvalue weighted by Crippen LogP contribution is 2.29. The van der Waals surface area contributed by atoms with E-state index in [1.54, 1.807) is 0 Å². The third kappa shape index (κ3) is 5.29. The molecule has 0 spiro atoms. The zero-order chi connectivity index (χ0) is 9.07. The van der Waals surface area contributed by atoms with Gasteiger partial charge in [-0.05, 0) is 30.6 Å². The Bertz CT molecular complexity index is 97.1. The van der Waals surface area contributed by atoms with Crippen LogP contribution >= 0.6 is 0 Å². The first-order valence-corrected chi connectivity index (χ1v) is 4.51. The van der Waals surface area contributed by atoms with Crippen LogP contribution in [0.25, 0.3) is 0 Å². The summed E-state index contributed by atoms with van der Waals surface area (Å²) in [6, 6.07) is 0. The van der Waals surface area contributed by atoms with E-state index in [2.05, 4.69) is 41.5 Å². The van der Waals surface area contributed by atoms with E-state index < -0.39 is 0 Å². The molecule has 0 aliphatic heterocycles. The van der Waals surface area contributed by atoms with Gasteiger partial charge >= 0.3 is 0 Å². The van der Waals surface area contributed by atoms with Gasteiger partial charge in [-0.2, -0.15) is 0 Å². The Morgan fingerprint density at radius 2 is 1.64 bits per heavy atom. The first kappa shape index (κ1) is 11.0. The third-order valence-electron chi connectivity index (χ3n) is 2.30. The second kappa shape index (κ2) is 4.13. The summed E-state index contributed by atoms with van der Waals surface area (Å²) in [5.41, 5.74) is 0.225. The molecule has 0 bridgehead atoms. The number of rotatable bonds is 4. The van der Waals surface area contributed by atoms with E-state index in [0.29, 0.717) is 0 Å². The summed E-state index contributed by atoms with van der Waals surface area (Å²) in [6.45, 7) is 17.0. The maximum Gasteiger partial charge on any atom is -0.0351 e. The van der Waals surface area contributed by atoms with Gasteiger partial charge in [0.1, 0.15) is 0 Å². The molecule has 0 nitrogen and oxygen atoms in total. The van der Waals surface area contributed by atoms with Gasteiger partial charge in [-0.3, -0.25) is 0 Å². The van der Waals surface area contributed by atoms with Crippen molar-refractivity contribution >= 4 is 0 Å². The van der Waals surface area contributed by atoms with E-state index >= 15 is 0 Å². The lowest BCUT2D eigenvalue weighted by Gasteiger charge is -2.26. The van der Waals surface area contributed by atoms with Crippen LogP contribution in [0.15, 0.2) is 0 Å². The SMILES string of the molecule is [CH2]CC(C)C(C)CC([CH2])(C)C. The van der Waals surface area contributed by atoms with E-state index in [0.717, 1.165) is 18.3 Å². The standard InChI is InChI=1S/C11H22/c1-7-9(2)10(3)8-11(4,5)6/h9-10H,1,4,7-8H2,2-3,5-6H3. The first-order chi connectivity index (χ1) is 4.87. The van der Waals surface area contributed by atoms with Gasteiger partial charge in [0, 0.05) is 0 Å². The molecular weight excluding hydrogens is 132 g/mol. The highest BCUT2D eigenvalue weighted by atomic mass is 14.2. The molecule has 0 aromatic rings. The molecule has 2 radical (unpaired) electrons. The van der Waals surface area contributed by atoms with Crippen LogP contribution in [0.4, 0.5) is 0 Å². The van der Waals surface area contributed by atoms with E-state index in [4.69, 9.17) is 0 Å². The lowest BCUT2D eigenvalue weighted by molar-refractivity contribution is 0.274. The highest BCUT2D eigenvalue weighted by Gasteiger charge is 2.18. The summed E-state index contributed by atoms with van der Waals surface area (Å²) in [7, 11) is 0. The second-order valence-corrected chi connectivity index (χ2v) is 4.61. The monoisotopic (exact) mass is 154 g/mol. The van der Waals surface area contributed by atoms with Crippen LogP contribution < -0.4 is 0 Å². The smallest absolute Gasteiger partial charge is 0.0351 e. The van der Waals surface area contributed by atoms with Gasteiger partial charge < -0.3 is 0 Å². The van der Waals surface area contributed by atoms with Crippen LogP contribution in [0.3, 0.4) is 0 Å². The summed E-state index contributed by atoms with van der Waals surface area (Å²) >= 11 is 0. The van der Waals surface area contributed by atoms with Gasteiger partial charge in [-0.1, -0.05) is 41.0 Å². The molecule has 0 fully saturated rings. The molecule has 0 N–H and O–H groups in total. The van der Waals surface area contributed by atoms with Crippen molar-refractivity contribution < 1.29 is 0 Å². The molecule has 0 heteroatoms. The fourth-order valence-electron chi connectivity index (χ4n) is 1.36. The van der Waals surface area contributed by atoms with Crippen LogP contribution in [0.1, 0.15) is 40.5 Å². The van der Waals surface area contributed by atoms with Gasteiger partial charge in [-0.25, -0.2) is 0 Å². The van der Waals surface area contributed by atoms with Gasteiger partial charge in [0.15, 0.2) is 0 Å². The second-order valence-electron chi connectivity index (χ2n) is 4.61. The van der Waals surface area contributed by atoms with Gasteiger partial charge in [-0.15, -0.1) is 0 Å². The van der Waals surface area contributed by atoms with E-state index in [9.17, 15) is 0 Å². The maximum atomic E-state index is 4.11. The van der Waals surface area contributed by atoms with Crippen LogP contribution in [-0.4, -0.2) is 0 Å². The minimum Gasteiger partial charge on any atom is -0.0623 e. The minimum atomic E-state index is 0.225. The molecular formula is C11H22. The molecule has 0 saturated heterocycles. The molecule has 2 unspecified atom stereocenters. The molecule has 0 amide bonds. The predicted molar refractivity (Wildman–Crippen MR) is 52.1 cm³/mol. The average Bonchev–Trinajstić information content (AvgIpc) is 1.82. The molecule has 0 saturated carbocycles. The Balaban J connectivity index is 3.77. The van der Waals surface area contributed by atoms with Gasteiger partial charge in [0.05, 0.1) is 0 Å². The fraction of sp³-hybridized carbons (Fsp3) is 0.818. The molecule has 0 aliphatic carbocycles. The van der Waals surface area contributed by atoms with Crippen LogP contribution in [0.5, 0.6) is 0 Å². The summed E-state index contributed by atoms with van der Waals surface area (Å²) < 4.78 is 0. The van der Waals surface area contributed by atoms with Crippen LogP contribution in [0, 0.1) is 31.1 Å². The lowest BCUT2D eigenvalue weighted by Crippen LogP contribution is -2.16. The number of hydrogen-bond donors (Lipinski definition) is 0. The zero-order valence-electron chi connectivity index (χ0n) is 8.48. The normalized spacial score (nSPS) is 18.0. The third-order valence-corrected chi connectivity index (χ3v) is 2.30. The summed E-state index contributed by atoms with van der Waals surface area (Å²) in [4.78, 5) is 0. The van der Waals surface area contributed by atoms with Crippen molar-refractivity contribution in [2.45, 2.75) is 40.5 Å². The van der Waals surface area contributed by atoms with Crippen LogP contribution in [-0.2, 0) is 0 Å². The van der Waals surface area contributed by atoms with Crippen molar-refractivity contribution in [2.75, 3.05) is 0 Å². The van der Waals surface area contributed by atoms with E-state index in [1.165, 1.54) is 6.42 Å². The molecule has 66 valence electrons. The molecule has 0 aromatic heterocycles. The lowest BCUT2D eigenvalue weighted by atomic mass is 9.79. The fourth-order valence-corrected chi connectivity index (χ4v) is 1.36. The van der Waals surface area contributed by atoms with Gasteiger partial charge in [0.2, 0.25) is 0 Å². The Morgan fingerprint density at radius 3 is 1.91 bits per heavy atom. The first-order valence-electron chi connectivity index (χ1n) is 4.51. The Kier molecular flexibility index (Phi) is 4.13. The van der Waals surface area contributed by atoms with Crippen molar-refractivity contribution in [3.05, 3.63) is 13.8 Å². The Hall–Kier alpha value is 0. The molecule has 0 heterocycles. The minimum absolute atomic E-state index is 0.225. The van der Waals surface area contributed by atoms with Crippen molar-refractivity contribution in [3.63, 3.8) is 0 Å². The summed E-state index contributed by atoms with van der Waals surface area (Å²) in [6.07, 6.45) is 2.24. The zero-order valence-corrected chi connectivity index (χ0v) is 8.48. The molecule has 0 aliphatic rings. The van der Waals surface area contributed by atoms with Crippen molar-refractivity contribution in [1.82, 2.24) is 0 Å². The maximum absolute atomic E-state index is 4.11. The quantitative estimate of drug-likeness (QED) is 0.578.